The Labute approximate surface area is 160 Å². The highest BCUT2D eigenvalue weighted by Crippen LogP contribution is 2.24. The molecule has 3 rings (SSSR count). The maximum absolute atomic E-state index is 11.4. The van der Waals surface area contributed by atoms with E-state index in [0.717, 1.165) is 37.9 Å². The minimum absolute atomic E-state index is 0.303. The van der Waals surface area contributed by atoms with Gasteiger partial charge in [0, 0.05) is 18.7 Å². The number of carbonyl (C=O) groups is 1. The molecule has 0 radical (unpaired) electrons. The molecule has 1 fully saturated rings. The molecule has 1 saturated heterocycles. The summed E-state index contributed by atoms with van der Waals surface area (Å²) in [5.74, 6) is 1.01. The summed E-state index contributed by atoms with van der Waals surface area (Å²) in [5.41, 5.74) is 6.64. The highest BCUT2D eigenvalue weighted by Gasteiger charge is 2.17. The summed E-state index contributed by atoms with van der Waals surface area (Å²) in [5, 5.41) is 9.81. The van der Waals surface area contributed by atoms with Crippen LogP contribution in [0, 0.1) is 5.92 Å². The Bertz CT molecular complexity index is 796. The average molecular weight is 366 g/mol. The molecule has 0 aromatic heterocycles. The van der Waals surface area contributed by atoms with Crippen LogP contribution in [0.25, 0.3) is 6.08 Å². The lowest BCUT2D eigenvalue weighted by Gasteiger charge is -2.31. The molecule has 0 saturated carbocycles. The van der Waals surface area contributed by atoms with Gasteiger partial charge in [-0.25, -0.2) is 0 Å². The van der Waals surface area contributed by atoms with Crippen molar-refractivity contribution in [3.8, 4) is 11.5 Å². The second-order valence-electron chi connectivity index (χ2n) is 6.85. The first-order valence-electron chi connectivity index (χ1n) is 9.35. The molecule has 3 N–H and O–H groups in total. The molecule has 1 aliphatic heterocycles. The molecule has 1 amide bonds. The van der Waals surface area contributed by atoms with Crippen molar-refractivity contribution >= 4 is 12.0 Å². The van der Waals surface area contributed by atoms with Gasteiger partial charge in [-0.2, -0.15) is 0 Å². The number of phenols is 1. The predicted molar refractivity (Wildman–Crippen MR) is 107 cm³/mol. The average Bonchev–Trinajstić information content (AvgIpc) is 2.69. The molecule has 0 bridgehead atoms. The zero-order valence-electron chi connectivity index (χ0n) is 15.4. The van der Waals surface area contributed by atoms with E-state index < -0.39 is 5.91 Å². The number of carbonyl (C=O) groups excluding carboxylic acids is 1. The van der Waals surface area contributed by atoms with E-state index in [9.17, 15) is 9.90 Å². The molecule has 0 unspecified atom stereocenters. The molecule has 0 spiro atoms. The number of rotatable bonds is 7. The monoisotopic (exact) mass is 366 g/mol. The minimum atomic E-state index is -0.463. The Kier molecular flexibility index (Phi) is 6.36. The van der Waals surface area contributed by atoms with Crippen molar-refractivity contribution in [2.75, 3.05) is 19.7 Å². The lowest BCUT2D eigenvalue weighted by atomic mass is 9.94. The van der Waals surface area contributed by atoms with Crippen LogP contribution in [0.4, 0.5) is 0 Å². The van der Waals surface area contributed by atoms with Gasteiger partial charge in [0.2, 0.25) is 0 Å². The van der Waals surface area contributed by atoms with E-state index >= 15 is 0 Å². The number of benzene rings is 2. The van der Waals surface area contributed by atoms with Gasteiger partial charge in [-0.3, -0.25) is 4.79 Å². The highest BCUT2D eigenvalue weighted by molar-refractivity contribution is 5.95. The fourth-order valence-corrected chi connectivity index (χ4v) is 3.34. The van der Waals surface area contributed by atoms with E-state index in [1.165, 1.54) is 0 Å². The highest BCUT2D eigenvalue weighted by atomic mass is 16.5. The number of primary amides is 1. The van der Waals surface area contributed by atoms with Crippen LogP contribution in [-0.4, -0.2) is 35.6 Å². The largest absolute Gasteiger partial charge is 0.507 e. The van der Waals surface area contributed by atoms with Crippen molar-refractivity contribution in [2.45, 2.75) is 19.3 Å². The van der Waals surface area contributed by atoms with Crippen LogP contribution < -0.4 is 10.5 Å². The van der Waals surface area contributed by atoms with Crippen LogP contribution in [-0.2, 0) is 0 Å². The standard InChI is InChI=1S/C22H26N2O3/c23-22(26)19-6-2-4-8-21(19)27-16-12-17-9-13-24(14-10-17)15-11-18-5-1-3-7-20(18)25/h1-8,11,15,17,25H,9-10,12-14,16H2,(H2,23,26). The first-order chi connectivity index (χ1) is 13.1. The van der Waals surface area contributed by atoms with Gasteiger partial charge in [-0.1, -0.05) is 30.3 Å². The van der Waals surface area contributed by atoms with Crippen LogP contribution in [0.2, 0.25) is 0 Å². The van der Waals surface area contributed by atoms with Crippen LogP contribution in [0.5, 0.6) is 11.5 Å². The van der Waals surface area contributed by atoms with E-state index in [4.69, 9.17) is 10.5 Å². The number of nitrogens with zero attached hydrogens (tertiary/aromatic N) is 1. The van der Waals surface area contributed by atoms with E-state index in [-0.39, 0.29) is 0 Å². The van der Waals surface area contributed by atoms with Gasteiger partial charge in [0.25, 0.3) is 5.91 Å². The number of amides is 1. The van der Waals surface area contributed by atoms with Gasteiger partial charge in [0.1, 0.15) is 11.5 Å². The first kappa shape index (κ1) is 18.8. The number of piperidine rings is 1. The Morgan fingerprint density at radius 2 is 1.85 bits per heavy atom. The number of aromatic hydroxyl groups is 1. The smallest absolute Gasteiger partial charge is 0.252 e. The van der Waals surface area contributed by atoms with Gasteiger partial charge in [0.15, 0.2) is 0 Å². The number of likely N-dealkylation sites (tertiary alicyclic amines) is 1. The minimum Gasteiger partial charge on any atom is -0.507 e. The van der Waals surface area contributed by atoms with Gasteiger partial charge >= 0.3 is 0 Å². The van der Waals surface area contributed by atoms with Gasteiger partial charge < -0.3 is 20.5 Å². The van der Waals surface area contributed by atoms with Gasteiger partial charge in [-0.15, -0.1) is 0 Å². The Balaban J connectivity index is 1.42. The fraction of sp³-hybridized carbons (Fsp3) is 0.318. The number of hydrogen-bond acceptors (Lipinski definition) is 4. The third-order valence-electron chi connectivity index (χ3n) is 4.99. The molecule has 1 heterocycles. The third-order valence-corrected chi connectivity index (χ3v) is 4.99. The summed E-state index contributed by atoms with van der Waals surface area (Å²) in [6.07, 6.45) is 7.19. The third kappa shape index (κ3) is 5.26. The molecule has 2 aromatic carbocycles. The molecule has 0 aliphatic carbocycles. The maximum Gasteiger partial charge on any atom is 0.252 e. The molecule has 1 aliphatic rings. The molecule has 5 nitrogen and oxygen atoms in total. The summed E-state index contributed by atoms with van der Waals surface area (Å²) in [6, 6.07) is 14.4. The summed E-state index contributed by atoms with van der Waals surface area (Å²) in [4.78, 5) is 13.7. The van der Waals surface area contributed by atoms with Crippen LogP contribution in [0.1, 0.15) is 35.2 Å². The van der Waals surface area contributed by atoms with Crippen LogP contribution in [0.3, 0.4) is 0 Å². The number of hydrogen-bond donors (Lipinski definition) is 2. The first-order valence-corrected chi connectivity index (χ1v) is 9.35. The van der Waals surface area contributed by atoms with Crippen molar-refractivity contribution in [3.63, 3.8) is 0 Å². The van der Waals surface area contributed by atoms with Gasteiger partial charge in [-0.05, 0) is 55.7 Å². The molecule has 142 valence electrons. The van der Waals surface area contributed by atoms with E-state index in [1.807, 2.05) is 30.3 Å². The molecule has 0 atom stereocenters. The van der Waals surface area contributed by atoms with Crippen molar-refractivity contribution in [2.24, 2.45) is 11.7 Å². The topological polar surface area (TPSA) is 75.8 Å². The van der Waals surface area contributed by atoms with Crippen LogP contribution in [0.15, 0.2) is 54.7 Å². The second kappa shape index (κ2) is 9.12. The van der Waals surface area contributed by atoms with Crippen molar-refractivity contribution in [1.29, 1.82) is 0 Å². The quantitative estimate of drug-likeness (QED) is 0.784. The van der Waals surface area contributed by atoms with Crippen molar-refractivity contribution < 1.29 is 14.6 Å². The summed E-state index contributed by atoms with van der Waals surface area (Å²) < 4.78 is 5.79. The summed E-state index contributed by atoms with van der Waals surface area (Å²) >= 11 is 0. The number of phenolic OH excluding ortho intramolecular Hbond substituents is 1. The van der Waals surface area contributed by atoms with Gasteiger partial charge in [0.05, 0.1) is 12.2 Å². The maximum atomic E-state index is 11.4. The molecule has 2 aromatic rings. The summed E-state index contributed by atoms with van der Waals surface area (Å²) in [7, 11) is 0. The molecule has 5 heteroatoms. The number of ether oxygens (including phenoxy) is 1. The van der Waals surface area contributed by atoms with E-state index in [0.29, 0.717) is 29.6 Å². The summed E-state index contributed by atoms with van der Waals surface area (Å²) in [6.45, 7) is 2.57. The molecular formula is C22H26N2O3. The van der Waals surface area contributed by atoms with E-state index in [1.54, 1.807) is 24.3 Å². The lowest BCUT2D eigenvalue weighted by molar-refractivity contribution is 0.0995. The SMILES string of the molecule is NC(=O)c1ccccc1OCCC1CCN(C=Cc2ccccc2O)CC1. The molecular weight excluding hydrogens is 340 g/mol. The zero-order valence-corrected chi connectivity index (χ0v) is 15.4. The number of nitrogens with two attached hydrogens (primary N) is 1. The Morgan fingerprint density at radius 3 is 2.59 bits per heavy atom. The van der Waals surface area contributed by atoms with Crippen molar-refractivity contribution in [3.05, 3.63) is 65.9 Å². The predicted octanol–water partition coefficient (Wildman–Crippen LogP) is 3.64. The van der Waals surface area contributed by atoms with Crippen molar-refractivity contribution in [1.82, 2.24) is 4.90 Å². The second-order valence-corrected chi connectivity index (χ2v) is 6.85. The van der Waals surface area contributed by atoms with E-state index in [2.05, 4.69) is 11.1 Å². The number of para-hydroxylation sites is 2. The Morgan fingerprint density at radius 1 is 1.15 bits per heavy atom. The Hall–Kier alpha value is -2.95. The lowest BCUT2D eigenvalue weighted by Crippen LogP contribution is -2.30. The normalized spacial score (nSPS) is 15.2. The molecule has 27 heavy (non-hydrogen) atoms. The van der Waals surface area contributed by atoms with Crippen LogP contribution >= 0.6 is 0 Å². The zero-order chi connectivity index (χ0) is 19.1. The fourth-order valence-electron chi connectivity index (χ4n) is 3.34.